The molecule has 6 amide bonds. The average Bonchev–Trinajstić information content (AvgIpc) is 4.05. The SMILES string of the molecule is CC(=O)N1CCC[C@H]1C(=O)N[C@@H](CC(C)C)C(=O)N[C@@H](Cc1cncn1CCCCCCO/N=C/c1cncn1Cc1ccccc1)C(=O)N[C@@H](CO)C(=O)N[C@H](C(N)=O)[C@@H](C)OP(=O)(O)O. The van der Waals surface area contributed by atoms with Gasteiger partial charge in [0.2, 0.25) is 35.4 Å². The largest absolute Gasteiger partial charge is 0.469 e. The van der Waals surface area contributed by atoms with Crippen molar-refractivity contribution in [1.29, 1.82) is 0 Å². The van der Waals surface area contributed by atoms with Crippen molar-refractivity contribution in [1.82, 2.24) is 45.3 Å². The Morgan fingerprint density at radius 1 is 0.896 bits per heavy atom. The van der Waals surface area contributed by atoms with E-state index in [1.807, 2.05) is 53.3 Å². The second-order valence-electron chi connectivity index (χ2n) is 16.8. The second kappa shape index (κ2) is 26.4. The van der Waals surface area contributed by atoms with Crippen LogP contribution in [0.2, 0.25) is 0 Å². The first-order chi connectivity index (χ1) is 31.9. The summed E-state index contributed by atoms with van der Waals surface area (Å²) in [6, 6.07) is 3.12. The number of hydrogen-bond acceptors (Lipinski definition) is 13. The molecule has 1 fully saturated rings. The molecule has 0 aliphatic carbocycles. The van der Waals surface area contributed by atoms with Crippen LogP contribution in [-0.2, 0) is 62.2 Å². The smallest absolute Gasteiger partial charge is 0.396 e. The number of phosphoric acid groups is 1. The third-order valence-corrected chi connectivity index (χ3v) is 11.5. The number of nitrogens with two attached hydrogens (primary N) is 1. The zero-order chi connectivity index (χ0) is 49.1. The molecule has 0 bridgehead atoms. The number of primary amides is 1. The first-order valence-corrected chi connectivity index (χ1v) is 23.7. The van der Waals surface area contributed by atoms with E-state index in [1.54, 1.807) is 25.1 Å². The number of aliphatic hydroxyl groups is 1. The molecular weight excluding hydrogens is 894 g/mol. The summed E-state index contributed by atoms with van der Waals surface area (Å²) in [5.74, 6) is -4.96. The zero-order valence-electron chi connectivity index (χ0n) is 38.2. The summed E-state index contributed by atoms with van der Waals surface area (Å²) >= 11 is 0. The summed E-state index contributed by atoms with van der Waals surface area (Å²) in [6.45, 7) is 7.06. The number of rotatable bonds is 28. The third-order valence-electron chi connectivity index (χ3n) is 10.9. The van der Waals surface area contributed by atoms with E-state index in [9.17, 15) is 48.2 Å². The molecular formula is C43H64N11O12P. The summed E-state index contributed by atoms with van der Waals surface area (Å²) in [5.41, 5.74) is 7.82. The zero-order valence-corrected chi connectivity index (χ0v) is 39.1. The van der Waals surface area contributed by atoms with Crippen LogP contribution in [0, 0.1) is 5.92 Å². The molecule has 368 valence electrons. The van der Waals surface area contributed by atoms with Crippen LogP contribution in [-0.4, -0.2) is 137 Å². The third kappa shape index (κ3) is 17.6. The number of aliphatic hydroxyl groups excluding tert-OH is 1. The van der Waals surface area contributed by atoms with E-state index in [0.29, 0.717) is 51.2 Å². The number of aromatic nitrogens is 4. The number of nitrogens with one attached hydrogen (secondary N) is 4. The minimum atomic E-state index is -5.13. The first kappa shape index (κ1) is 53.6. The average molecular weight is 958 g/mol. The van der Waals surface area contributed by atoms with Gasteiger partial charge in [-0.15, -0.1) is 0 Å². The van der Waals surface area contributed by atoms with Gasteiger partial charge in [0.25, 0.3) is 0 Å². The molecule has 1 aliphatic rings. The Bertz CT molecular complexity index is 2180. The molecule has 24 heteroatoms. The highest BCUT2D eigenvalue weighted by Gasteiger charge is 2.37. The van der Waals surface area contributed by atoms with Crippen LogP contribution in [0.5, 0.6) is 0 Å². The lowest BCUT2D eigenvalue weighted by Gasteiger charge is -2.28. The molecule has 1 aliphatic heterocycles. The maximum Gasteiger partial charge on any atom is 0.469 e. The molecule has 3 aromatic rings. The lowest BCUT2D eigenvalue weighted by molar-refractivity contribution is -0.139. The molecule has 0 saturated carbocycles. The lowest BCUT2D eigenvalue weighted by atomic mass is 10.0. The Hall–Kier alpha value is -6.00. The van der Waals surface area contributed by atoms with Gasteiger partial charge in [0.05, 0.1) is 43.5 Å². The molecule has 23 nitrogen and oxygen atoms in total. The molecule has 0 radical (unpaired) electrons. The van der Waals surface area contributed by atoms with Gasteiger partial charge in [-0.3, -0.25) is 33.3 Å². The number of hydrogen-bond donors (Lipinski definition) is 8. The van der Waals surface area contributed by atoms with Crippen LogP contribution in [0.1, 0.15) is 89.6 Å². The number of carbonyl (C=O) groups excluding carboxylic acids is 6. The molecule has 0 unspecified atom stereocenters. The number of phosphoric ester groups is 1. The summed E-state index contributed by atoms with van der Waals surface area (Å²) in [6.07, 6.45) is 10.7. The van der Waals surface area contributed by atoms with Crippen molar-refractivity contribution in [2.45, 2.75) is 128 Å². The highest BCUT2D eigenvalue weighted by molar-refractivity contribution is 7.46. The number of oxime groups is 1. The Morgan fingerprint density at radius 2 is 1.55 bits per heavy atom. The van der Waals surface area contributed by atoms with Crippen LogP contribution in [0.25, 0.3) is 0 Å². The molecule has 67 heavy (non-hydrogen) atoms. The fourth-order valence-corrected chi connectivity index (χ4v) is 8.07. The number of likely N-dealkylation sites (tertiary alicyclic amines) is 1. The molecule has 9 N–H and O–H groups in total. The Labute approximate surface area is 388 Å². The Morgan fingerprint density at radius 3 is 2.22 bits per heavy atom. The Kier molecular flexibility index (Phi) is 21.1. The fraction of sp³-hybridized carbons (Fsp3) is 0.558. The van der Waals surface area contributed by atoms with Gasteiger partial charge in [-0.05, 0) is 56.9 Å². The maximum absolute atomic E-state index is 14.1. The summed E-state index contributed by atoms with van der Waals surface area (Å²) in [4.78, 5) is 113. The number of unbranched alkanes of at least 4 members (excludes halogenated alkanes) is 3. The summed E-state index contributed by atoms with van der Waals surface area (Å²) in [5, 5.41) is 24.3. The van der Waals surface area contributed by atoms with Crippen LogP contribution in [0.4, 0.5) is 0 Å². The van der Waals surface area contributed by atoms with Crippen molar-refractivity contribution in [3.05, 3.63) is 72.3 Å². The van der Waals surface area contributed by atoms with Gasteiger partial charge in [-0.25, -0.2) is 14.5 Å². The molecule has 6 atom stereocenters. The van der Waals surface area contributed by atoms with Gasteiger partial charge in [0.15, 0.2) is 0 Å². The van der Waals surface area contributed by atoms with Crippen molar-refractivity contribution in [3.8, 4) is 0 Å². The van der Waals surface area contributed by atoms with Crippen molar-refractivity contribution >= 4 is 49.5 Å². The highest BCUT2D eigenvalue weighted by atomic mass is 31.2. The highest BCUT2D eigenvalue weighted by Crippen LogP contribution is 2.38. The normalized spacial score (nSPS) is 16.2. The van der Waals surface area contributed by atoms with Gasteiger partial charge in [0, 0.05) is 44.9 Å². The summed E-state index contributed by atoms with van der Waals surface area (Å²) < 4.78 is 19.7. The van der Waals surface area contributed by atoms with E-state index in [-0.39, 0.29) is 24.7 Å². The number of amides is 6. The van der Waals surface area contributed by atoms with E-state index in [1.165, 1.54) is 18.0 Å². The standard InChI is InChI=1S/C43H64N11O12P/c1-28(2)19-34(49-43(61)37-15-12-17-54(37)30(4)56)40(58)48-35(41(59)50-36(25-55)42(60)51-38(39(44)57)29(3)66-67(62,63)64)20-32-21-45-26-52(32)16-10-5-6-11-18-65-47-23-33-22-46-27-53(33)24-31-13-8-7-9-14-31/h7-9,13-14,21-23,26-29,34-38,55H,5-6,10-12,15-20,24-25H2,1-4H3,(H2,44,57)(H,48,58)(H,49,61)(H,50,59)(H,51,60)(H2,62,63,64)/b47-23+/t29-,34+,35+,36+,37+,38+/m1/s1. The predicted octanol–water partition coefficient (Wildman–Crippen LogP) is 0.253. The molecule has 3 heterocycles. The quantitative estimate of drug-likeness (QED) is 0.0210. The number of nitrogens with zero attached hydrogens (tertiary/aromatic N) is 6. The molecule has 0 spiro atoms. The fourth-order valence-electron chi connectivity index (χ4n) is 7.51. The topological polar surface area (TPSA) is 324 Å². The molecule has 4 rings (SSSR count). The van der Waals surface area contributed by atoms with Gasteiger partial charge >= 0.3 is 7.82 Å². The van der Waals surface area contributed by atoms with Crippen molar-refractivity contribution in [2.24, 2.45) is 16.8 Å². The van der Waals surface area contributed by atoms with Crippen LogP contribution < -0.4 is 27.0 Å². The number of benzene rings is 1. The van der Waals surface area contributed by atoms with E-state index in [0.717, 1.165) is 37.4 Å². The molecule has 2 aromatic heterocycles. The van der Waals surface area contributed by atoms with E-state index in [2.05, 4.69) is 40.9 Å². The van der Waals surface area contributed by atoms with Gasteiger partial charge in [-0.2, -0.15) is 0 Å². The minimum absolute atomic E-state index is 0.102. The van der Waals surface area contributed by atoms with E-state index in [4.69, 9.17) is 10.6 Å². The second-order valence-corrected chi connectivity index (χ2v) is 17.9. The van der Waals surface area contributed by atoms with Crippen molar-refractivity contribution < 1.29 is 57.6 Å². The van der Waals surface area contributed by atoms with Crippen LogP contribution in [0.3, 0.4) is 0 Å². The lowest BCUT2D eigenvalue weighted by Crippen LogP contribution is -2.61. The first-order valence-electron chi connectivity index (χ1n) is 22.2. The predicted molar refractivity (Wildman–Crippen MR) is 242 cm³/mol. The number of carbonyl (C=O) groups is 6. The Balaban J connectivity index is 1.41. The van der Waals surface area contributed by atoms with Crippen molar-refractivity contribution in [3.63, 3.8) is 0 Å². The monoisotopic (exact) mass is 957 g/mol. The number of imidazole rings is 2. The van der Waals surface area contributed by atoms with Gasteiger partial charge in [-0.1, -0.05) is 55.8 Å². The maximum atomic E-state index is 14.1. The van der Waals surface area contributed by atoms with Crippen LogP contribution in [0.15, 0.2) is 60.5 Å². The van der Waals surface area contributed by atoms with Gasteiger partial charge < -0.3 is 60.8 Å². The van der Waals surface area contributed by atoms with E-state index >= 15 is 0 Å². The molecule has 1 saturated heterocycles. The molecule has 1 aromatic carbocycles. The minimum Gasteiger partial charge on any atom is -0.396 e. The number of aryl methyl sites for hydroxylation is 1. The summed E-state index contributed by atoms with van der Waals surface area (Å²) in [7, 11) is -5.13. The van der Waals surface area contributed by atoms with E-state index < -0.39 is 80.3 Å². The van der Waals surface area contributed by atoms with Gasteiger partial charge in [0.1, 0.15) is 36.8 Å². The van der Waals surface area contributed by atoms with Crippen molar-refractivity contribution in [2.75, 3.05) is 19.8 Å². The van der Waals surface area contributed by atoms with Crippen LogP contribution >= 0.6 is 7.82 Å².